The molecule has 2 heterocycles. The van der Waals surface area contributed by atoms with Crippen molar-refractivity contribution in [2.24, 2.45) is 5.73 Å². The maximum atomic E-state index is 10.5. The highest BCUT2D eigenvalue weighted by molar-refractivity contribution is 5.81. The lowest BCUT2D eigenvalue weighted by Crippen LogP contribution is -2.14. The number of amides is 1. The van der Waals surface area contributed by atoms with Crippen LogP contribution in [0.25, 0.3) is 10.9 Å². The van der Waals surface area contributed by atoms with Crippen LogP contribution in [0.15, 0.2) is 36.7 Å². The van der Waals surface area contributed by atoms with E-state index in [0.29, 0.717) is 25.1 Å². The van der Waals surface area contributed by atoms with Gasteiger partial charge in [0.2, 0.25) is 0 Å². The van der Waals surface area contributed by atoms with Crippen LogP contribution in [0.5, 0.6) is 0 Å². The Hall–Kier alpha value is -3.34. The van der Waals surface area contributed by atoms with Gasteiger partial charge in [-0.3, -0.25) is 4.68 Å². The van der Waals surface area contributed by atoms with Gasteiger partial charge in [0, 0.05) is 24.7 Å². The van der Waals surface area contributed by atoms with E-state index >= 15 is 0 Å². The number of nitrogens with two attached hydrogens (primary N) is 1. The van der Waals surface area contributed by atoms with Gasteiger partial charge in [-0.2, -0.15) is 5.26 Å². The Morgan fingerprint density at radius 1 is 1.38 bits per heavy atom. The molecule has 3 rings (SSSR count). The number of carbonyl (C=O) groups excluding carboxylic acids is 1. The van der Waals surface area contributed by atoms with Crippen molar-refractivity contribution >= 4 is 17.0 Å². The molecule has 1 amide bonds. The lowest BCUT2D eigenvalue weighted by molar-refractivity contribution is 0.153. The van der Waals surface area contributed by atoms with Crippen LogP contribution in [0.2, 0.25) is 0 Å². The fourth-order valence-corrected chi connectivity index (χ4v) is 2.49. The molecule has 3 aromatic rings. The van der Waals surface area contributed by atoms with E-state index in [2.05, 4.69) is 21.1 Å². The number of primary amides is 1. The van der Waals surface area contributed by atoms with Crippen LogP contribution in [-0.2, 0) is 17.8 Å². The van der Waals surface area contributed by atoms with Gasteiger partial charge in [0.05, 0.1) is 31.0 Å². The molecule has 0 radical (unpaired) electrons. The van der Waals surface area contributed by atoms with E-state index in [-0.39, 0.29) is 6.61 Å². The first-order chi connectivity index (χ1) is 11.7. The molecule has 2 aromatic heterocycles. The van der Waals surface area contributed by atoms with E-state index in [9.17, 15) is 4.79 Å². The Morgan fingerprint density at radius 2 is 2.25 bits per heavy atom. The number of rotatable bonds is 6. The standard InChI is InChI=1S/C16H16N6O2/c17-9-12-2-3-13-4-6-21(15(13)8-12)10-14-11-22(20-19-14)5-1-7-24-16(18)23/h2-4,6,8,11H,1,5,7,10H2,(H2,18,23). The van der Waals surface area contributed by atoms with Gasteiger partial charge >= 0.3 is 6.09 Å². The second kappa shape index (κ2) is 6.83. The Balaban J connectivity index is 1.66. The summed E-state index contributed by atoms with van der Waals surface area (Å²) in [6, 6.07) is 9.75. The Bertz CT molecular complexity index is 905. The summed E-state index contributed by atoms with van der Waals surface area (Å²) in [6.07, 6.45) is 3.66. The third-order valence-corrected chi connectivity index (χ3v) is 3.60. The second-order valence-corrected chi connectivity index (χ2v) is 5.32. The van der Waals surface area contributed by atoms with Crippen LogP contribution in [0.4, 0.5) is 4.79 Å². The molecule has 0 aliphatic rings. The van der Waals surface area contributed by atoms with E-state index in [1.54, 1.807) is 10.7 Å². The van der Waals surface area contributed by atoms with Crippen molar-refractivity contribution in [2.75, 3.05) is 6.61 Å². The molecule has 24 heavy (non-hydrogen) atoms. The van der Waals surface area contributed by atoms with Crippen LogP contribution >= 0.6 is 0 Å². The normalized spacial score (nSPS) is 10.6. The summed E-state index contributed by atoms with van der Waals surface area (Å²) in [5, 5.41) is 18.3. The first-order valence-electron chi connectivity index (χ1n) is 7.46. The Kier molecular flexibility index (Phi) is 4.43. The minimum Gasteiger partial charge on any atom is -0.450 e. The molecule has 0 atom stereocenters. The molecule has 0 spiro atoms. The van der Waals surface area contributed by atoms with E-state index in [4.69, 9.17) is 11.0 Å². The maximum absolute atomic E-state index is 10.5. The topological polar surface area (TPSA) is 112 Å². The van der Waals surface area contributed by atoms with Crippen molar-refractivity contribution in [1.82, 2.24) is 19.6 Å². The second-order valence-electron chi connectivity index (χ2n) is 5.32. The molecule has 0 aliphatic heterocycles. The molecule has 122 valence electrons. The number of nitriles is 1. The van der Waals surface area contributed by atoms with Crippen molar-refractivity contribution in [3.8, 4) is 6.07 Å². The van der Waals surface area contributed by atoms with E-state index in [0.717, 1.165) is 16.6 Å². The number of carbonyl (C=O) groups is 1. The largest absolute Gasteiger partial charge is 0.450 e. The lowest BCUT2D eigenvalue weighted by Gasteiger charge is -2.03. The van der Waals surface area contributed by atoms with Gasteiger partial charge in [-0.05, 0) is 23.6 Å². The molecule has 2 N–H and O–H groups in total. The fourth-order valence-electron chi connectivity index (χ4n) is 2.49. The number of hydrogen-bond acceptors (Lipinski definition) is 5. The zero-order valence-electron chi connectivity index (χ0n) is 12.9. The number of ether oxygens (including phenoxy) is 1. The first-order valence-corrected chi connectivity index (χ1v) is 7.46. The minimum absolute atomic E-state index is 0.254. The van der Waals surface area contributed by atoms with Gasteiger partial charge in [0.1, 0.15) is 5.69 Å². The summed E-state index contributed by atoms with van der Waals surface area (Å²) >= 11 is 0. The SMILES string of the molecule is N#Cc1ccc2ccn(Cc3cn(CCCOC(N)=O)nn3)c2c1. The monoisotopic (exact) mass is 324 g/mol. The van der Waals surface area contributed by atoms with Gasteiger partial charge < -0.3 is 15.0 Å². The number of hydrogen-bond donors (Lipinski definition) is 1. The van der Waals surface area contributed by atoms with Crippen LogP contribution in [0, 0.1) is 11.3 Å². The molecule has 8 nitrogen and oxygen atoms in total. The van der Waals surface area contributed by atoms with Crippen molar-refractivity contribution < 1.29 is 9.53 Å². The molecule has 0 aliphatic carbocycles. The van der Waals surface area contributed by atoms with E-state index in [1.807, 2.05) is 35.2 Å². The third kappa shape index (κ3) is 3.52. The Labute approximate surface area is 138 Å². The number of benzene rings is 1. The van der Waals surface area contributed by atoms with Crippen molar-refractivity contribution in [3.63, 3.8) is 0 Å². The predicted octanol–water partition coefficient (Wildman–Crippen LogP) is 1.64. The van der Waals surface area contributed by atoms with Crippen molar-refractivity contribution in [1.29, 1.82) is 5.26 Å². The predicted molar refractivity (Wildman–Crippen MR) is 85.9 cm³/mol. The summed E-state index contributed by atoms with van der Waals surface area (Å²) in [5.74, 6) is 0. The van der Waals surface area contributed by atoms with E-state index in [1.165, 1.54) is 0 Å². The Morgan fingerprint density at radius 3 is 3.04 bits per heavy atom. The summed E-state index contributed by atoms with van der Waals surface area (Å²) < 4.78 is 8.40. The van der Waals surface area contributed by atoms with Gasteiger partial charge in [-0.25, -0.2) is 4.79 Å². The molecular weight excluding hydrogens is 308 g/mol. The van der Waals surface area contributed by atoms with Gasteiger partial charge in [-0.15, -0.1) is 5.10 Å². The van der Waals surface area contributed by atoms with Crippen LogP contribution < -0.4 is 5.73 Å². The maximum Gasteiger partial charge on any atom is 0.404 e. The number of aromatic nitrogens is 4. The quantitative estimate of drug-likeness (QED) is 0.693. The molecule has 0 saturated heterocycles. The van der Waals surface area contributed by atoms with Crippen molar-refractivity contribution in [3.05, 3.63) is 47.9 Å². The van der Waals surface area contributed by atoms with Gasteiger partial charge in [0.15, 0.2) is 0 Å². The molecule has 0 saturated carbocycles. The van der Waals surface area contributed by atoms with Crippen LogP contribution in [-0.4, -0.2) is 32.3 Å². The smallest absolute Gasteiger partial charge is 0.404 e. The highest BCUT2D eigenvalue weighted by Crippen LogP contribution is 2.18. The zero-order valence-corrected chi connectivity index (χ0v) is 12.9. The van der Waals surface area contributed by atoms with Crippen LogP contribution in [0.3, 0.4) is 0 Å². The molecule has 0 fully saturated rings. The number of nitrogens with zero attached hydrogens (tertiary/aromatic N) is 5. The van der Waals surface area contributed by atoms with Crippen molar-refractivity contribution in [2.45, 2.75) is 19.5 Å². The molecule has 8 heteroatoms. The molecule has 0 unspecified atom stereocenters. The average molecular weight is 324 g/mol. The summed E-state index contributed by atoms with van der Waals surface area (Å²) in [4.78, 5) is 10.5. The molecule has 0 bridgehead atoms. The van der Waals surface area contributed by atoms with Crippen LogP contribution in [0.1, 0.15) is 17.7 Å². The third-order valence-electron chi connectivity index (χ3n) is 3.60. The number of fused-ring (bicyclic) bond motifs is 1. The first kappa shape index (κ1) is 15.6. The summed E-state index contributed by atoms with van der Waals surface area (Å²) in [7, 11) is 0. The van der Waals surface area contributed by atoms with E-state index < -0.39 is 6.09 Å². The zero-order chi connectivity index (χ0) is 16.9. The lowest BCUT2D eigenvalue weighted by atomic mass is 10.2. The minimum atomic E-state index is -0.773. The summed E-state index contributed by atoms with van der Waals surface area (Å²) in [6.45, 7) is 1.41. The highest BCUT2D eigenvalue weighted by atomic mass is 16.5. The molecule has 1 aromatic carbocycles. The highest BCUT2D eigenvalue weighted by Gasteiger charge is 2.06. The summed E-state index contributed by atoms with van der Waals surface area (Å²) in [5.41, 5.74) is 7.32. The average Bonchev–Trinajstić information content (AvgIpc) is 3.18. The van der Waals surface area contributed by atoms with Gasteiger partial charge in [0.25, 0.3) is 0 Å². The molecular formula is C16H16N6O2. The number of aryl methyl sites for hydroxylation is 1. The fraction of sp³-hybridized carbons (Fsp3) is 0.250. The van der Waals surface area contributed by atoms with Gasteiger partial charge in [-0.1, -0.05) is 11.3 Å².